The van der Waals surface area contributed by atoms with Gasteiger partial charge in [0.25, 0.3) is 5.91 Å². The van der Waals surface area contributed by atoms with Gasteiger partial charge in [0, 0.05) is 23.5 Å². The third-order valence-corrected chi connectivity index (χ3v) is 5.65. The molecule has 0 radical (unpaired) electrons. The topological polar surface area (TPSA) is 78.9 Å². The van der Waals surface area contributed by atoms with Crippen molar-refractivity contribution in [2.24, 2.45) is 5.41 Å². The third-order valence-electron chi connectivity index (χ3n) is 5.40. The van der Waals surface area contributed by atoms with E-state index in [-0.39, 0.29) is 11.6 Å². The van der Waals surface area contributed by atoms with Crippen LogP contribution in [-0.4, -0.2) is 40.7 Å². The molecular weight excluding hydrogens is 404 g/mol. The first-order chi connectivity index (χ1) is 13.7. The number of carbonyl (C=O) groups is 2. The van der Waals surface area contributed by atoms with Gasteiger partial charge in [0.15, 0.2) is 0 Å². The number of carbonyl (C=O) groups excluding carboxylic acids is 2. The van der Waals surface area contributed by atoms with E-state index >= 15 is 0 Å². The van der Waals surface area contributed by atoms with Gasteiger partial charge in [-0.05, 0) is 64.3 Å². The third kappa shape index (κ3) is 5.35. The molecule has 166 valence electrons. The number of alkyl carbamates (subject to hydrolysis) is 1. The first-order valence-electron chi connectivity index (χ1n) is 10.1. The molecule has 0 spiro atoms. The Morgan fingerprint density at radius 1 is 1.17 bits per heavy atom. The molecule has 2 rings (SSSR count). The van der Waals surface area contributed by atoms with Gasteiger partial charge in [-0.25, -0.2) is 4.79 Å². The Morgan fingerprint density at radius 2 is 1.73 bits per heavy atom. The van der Waals surface area contributed by atoms with Crippen molar-refractivity contribution in [2.75, 3.05) is 13.1 Å². The molecule has 1 heterocycles. The molecule has 0 saturated carbocycles. The number of amides is 2. The summed E-state index contributed by atoms with van der Waals surface area (Å²) in [6.07, 6.45) is -0.295. The molecule has 0 bridgehead atoms. The number of nitrogens with one attached hydrogen (secondary N) is 1. The molecule has 1 saturated heterocycles. The number of ether oxygens (including phenoxy) is 1. The molecule has 1 atom stereocenters. The van der Waals surface area contributed by atoms with E-state index in [1.165, 1.54) is 0 Å². The molecule has 7 heteroatoms. The summed E-state index contributed by atoms with van der Waals surface area (Å²) in [5.74, 6) is -0.285. The maximum atomic E-state index is 13.2. The van der Waals surface area contributed by atoms with Gasteiger partial charge < -0.3 is 14.7 Å². The van der Waals surface area contributed by atoms with Gasteiger partial charge in [-0.2, -0.15) is 0 Å². The summed E-state index contributed by atoms with van der Waals surface area (Å²) in [5.41, 5.74) is -0.717. The number of halogens is 1. The summed E-state index contributed by atoms with van der Waals surface area (Å²) in [5, 5.41) is 14.7. The van der Waals surface area contributed by atoms with Crippen LogP contribution in [0.1, 0.15) is 60.5 Å². The monoisotopic (exact) mass is 436 g/mol. The molecule has 0 aromatic heterocycles. The number of likely N-dealkylation sites (tertiary alicyclic amines) is 1. The molecule has 2 N–H and O–H groups in total. The van der Waals surface area contributed by atoms with Crippen LogP contribution in [0, 0.1) is 5.41 Å². The second-order valence-corrected chi connectivity index (χ2v) is 10.2. The number of allylic oxidation sites excluding steroid dienone is 1. The van der Waals surface area contributed by atoms with Gasteiger partial charge in [-0.3, -0.25) is 10.1 Å². The summed E-state index contributed by atoms with van der Waals surface area (Å²) < 4.78 is 5.29. The van der Waals surface area contributed by atoms with Crippen molar-refractivity contribution in [3.05, 3.63) is 46.1 Å². The largest absolute Gasteiger partial charge is 0.444 e. The van der Waals surface area contributed by atoms with Crippen LogP contribution in [0.4, 0.5) is 4.79 Å². The Hall–Kier alpha value is -2.05. The first kappa shape index (κ1) is 24.2. The SMILES string of the molecule is CC(C)=C(NC(=O)OC(C)(C)C)C(=O)N1CC[C@](O)(c2ccc(Cl)cc2)C(C)(C)C1. The van der Waals surface area contributed by atoms with E-state index in [1.54, 1.807) is 51.7 Å². The minimum atomic E-state index is -1.10. The summed E-state index contributed by atoms with van der Waals surface area (Å²) >= 11 is 5.99. The summed E-state index contributed by atoms with van der Waals surface area (Å²) in [6, 6.07) is 7.17. The summed E-state index contributed by atoms with van der Waals surface area (Å²) in [4.78, 5) is 27.1. The van der Waals surface area contributed by atoms with Crippen LogP contribution < -0.4 is 5.32 Å². The van der Waals surface area contributed by atoms with Crippen molar-refractivity contribution >= 4 is 23.6 Å². The average Bonchev–Trinajstić information content (AvgIpc) is 2.60. The second kappa shape index (κ2) is 8.60. The van der Waals surface area contributed by atoms with Crippen molar-refractivity contribution in [3.8, 4) is 0 Å². The lowest BCUT2D eigenvalue weighted by Crippen LogP contribution is -2.57. The molecule has 1 aromatic carbocycles. The van der Waals surface area contributed by atoms with Gasteiger partial charge in [0.1, 0.15) is 11.3 Å². The van der Waals surface area contributed by atoms with Gasteiger partial charge in [0.2, 0.25) is 0 Å². The highest BCUT2D eigenvalue weighted by Gasteiger charge is 2.50. The zero-order chi connectivity index (χ0) is 22.9. The fourth-order valence-electron chi connectivity index (χ4n) is 3.71. The fourth-order valence-corrected chi connectivity index (χ4v) is 3.84. The molecule has 0 aliphatic carbocycles. The minimum Gasteiger partial charge on any atom is -0.444 e. The molecule has 0 unspecified atom stereocenters. The lowest BCUT2D eigenvalue weighted by molar-refractivity contribution is -0.150. The molecule has 30 heavy (non-hydrogen) atoms. The number of hydrogen-bond acceptors (Lipinski definition) is 4. The number of nitrogens with zero attached hydrogens (tertiary/aromatic N) is 1. The lowest BCUT2D eigenvalue weighted by atomic mass is 9.66. The van der Waals surface area contributed by atoms with Crippen LogP contribution >= 0.6 is 11.6 Å². The number of hydrogen-bond donors (Lipinski definition) is 2. The Morgan fingerprint density at radius 3 is 2.20 bits per heavy atom. The predicted molar refractivity (Wildman–Crippen MR) is 118 cm³/mol. The smallest absolute Gasteiger partial charge is 0.412 e. The van der Waals surface area contributed by atoms with Gasteiger partial charge in [-0.1, -0.05) is 37.6 Å². The minimum absolute atomic E-state index is 0.206. The number of rotatable bonds is 3. The maximum Gasteiger partial charge on any atom is 0.412 e. The van der Waals surface area contributed by atoms with Crippen molar-refractivity contribution in [1.82, 2.24) is 10.2 Å². The summed E-state index contributed by atoms with van der Waals surface area (Å²) in [7, 11) is 0. The Labute approximate surface area is 184 Å². The van der Waals surface area contributed by atoms with Crippen molar-refractivity contribution in [3.63, 3.8) is 0 Å². The molecule has 1 aliphatic heterocycles. The Bertz CT molecular complexity index is 836. The standard InChI is InChI=1S/C23H33ClN2O4/c1-15(2)18(25-20(28)30-21(3,4)5)19(27)26-13-12-23(29,22(6,7)14-26)16-8-10-17(24)11-9-16/h8-11,29H,12-14H2,1-7H3,(H,25,28)/t23-/m0/s1. The average molecular weight is 437 g/mol. The quantitative estimate of drug-likeness (QED) is 0.678. The highest BCUT2D eigenvalue weighted by Crippen LogP contribution is 2.46. The van der Waals surface area contributed by atoms with Crippen molar-refractivity contribution < 1.29 is 19.4 Å². The van der Waals surface area contributed by atoms with E-state index in [1.807, 2.05) is 26.0 Å². The van der Waals surface area contributed by atoms with Gasteiger partial charge in [-0.15, -0.1) is 0 Å². The number of aliphatic hydroxyl groups is 1. The molecule has 6 nitrogen and oxygen atoms in total. The lowest BCUT2D eigenvalue weighted by Gasteiger charge is -2.50. The van der Waals surface area contributed by atoms with E-state index in [0.717, 1.165) is 5.56 Å². The van der Waals surface area contributed by atoms with Crippen LogP contribution in [0.25, 0.3) is 0 Å². The van der Waals surface area contributed by atoms with E-state index in [0.29, 0.717) is 30.1 Å². The predicted octanol–water partition coefficient (Wildman–Crippen LogP) is 4.60. The Balaban J connectivity index is 2.21. The van der Waals surface area contributed by atoms with Crippen molar-refractivity contribution in [1.29, 1.82) is 0 Å². The highest BCUT2D eigenvalue weighted by molar-refractivity contribution is 6.30. The van der Waals surface area contributed by atoms with Gasteiger partial charge >= 0.3 is 6.09 Å². The molecule has 1 aliphatic rings. The number of piperidine rings is 1. The van der Waals surface area contributed by atoms with Crippen molar-refractivity contribution in [2.45, 2.75) is 66.1 Å². The van der Waals surface area contributed by atoms with Crippen LogP contribution in [0.3, 0.4) is 0 Å². The van der Waals surface area contributed by atoms with Crippen LogP contribution in [0.2, 0.25) is 5.02 Å². The molecular formula is C23H33ClN2O4. The van der Waals surface area contributed by atoms with E-state index in [4.69, 9.17) is 16.3 Å². The summed E-state index contributed by atoms with van der Waals surface area (Å²) in [6.45, 7) is 13.4. The van der Waals surface area contributed by atoms with Crippen LogP contribution in [0.15, 0.2) is 35.5 Å². The van der Waals surface area contributed by atoms with E-state index in [2.05, 4.69) is 5.32 Å². The van der Waals surface area contributed by atoms with Gasteiger partial charge in [0.05, 0.1) is 5.60 Å². The molecule has 1 aromatic rings. The second-order valence-electron chi connectivity index (χ2n) is 9.73. The van der Waals surface area contributed by atoms with Crippen LogP contribution in [-0.2, 0) is 15.1 Å². The molecule has 1 fully saturated rings. The zero-order valence-electron chi connectivity index (χ0n) is 18.9. The highest BCUT2D eigenvalue weighted by atomic mass is 35.5. The normalized spacial score (nSPS) is 21.0. The zero-order valence-corrected chi connectivity index (χ0v) is 19.7. The van der Waals surface area contributed by atoms with E-state index in [9.17, 15) is 14.7 Å². The first-order valence-corrected chi connectivity index (χ1v) is 10.5. The van der Waals surface area contributed by atoms with Crippen LogP contribution in [0.5, 0.6) is 0 Å². The number of benzene rings is 1. The van der Waals surface area contributed by atoms with E-state index < -0.39 is 22.7 Å². The maximum absolute atomic E-state index is 13.2. The fraction of sp³-hybridized carbons (Fsp3) is 0.565. The molecule has 2 amide bonds. The Kier molecular flexibility index (Phi) is 6.94.